The molecular formula is C20H14IN3O2. The van der Waals surface area contributed by atoms with Crippen LogP contribution in [0.25, 0.3) is 28.5 Å². The molecule has 1 aromatic heterocycles. The molecule has 0 unspecified atom stereocenters. The van der Waals surface area contributed by atoms with Gasteiger partial charge in [0.05, 0.1) is 16.8 Å². The maximum atomic E-state index is 10.3. The molecule has 0 saturated heterocycles. The van der Waals surface area contributed by atoms with E-state index in [0.29, 0.717) is 22.8 Å². The largest absolute Gasteiger partial charge is 0.507 e. The van der Waals surface area contributed by atoms with E-state index in [1.54, 1.807) is 28.9 Å². The van der Waals surface area contributed by atoms with Gasteiger partial charge in [-0.1, -0.05) is 30.3 Å². The van der Waals surface area contributed by atoms with E-state index in [1.165, 1.54) is 0 Å². The third-order valence-electron chi connectivity index (χ3n) is 3.95. The van der Waals surface area contributed by atoms with E-state index >= 15 is 0 Å². The van der Waals surface area contributed by atoms with Gasteiger partial charge in [0.2, 0.25) is 0 Å². The summed E-state index contributed by atoms with van der Waals surface area (Å²) in [5.41, 5.74) is 1.93. The number of hydrogen-bond acceptors (Lipinski definition) is 4. The molecule has 4 rings (SSSR count). The predicted molar refractivity (Wildman–Crippen MR) is 108 cm³/mol. The van der Waals surface area contributed by atoms with Crippen LogP contribution < -0.4 is 0 Å². The first-order valence-corrected chi connectivity index (χ1v) is 9.01. The highest BCUT2D eigenvalue weighted by Crippen LogP contribution is 2.34. The van der Waals surface area contributed by atoms with Crippen molar-refractivity contribution in [3.8, 4) is 40.0 Å². The summed E-state index contributed by atoms with van der Waals surface area (Å²) in [6.45, 7) is 0. The number of aromatic nitrogens is 3. The van der Waals surface area contributed by atoms with Gasteiger partial charge in [-0.25, -0.2) is 9.67 Å². The van der Waals surface area contributed by atoms with Gasteiger partial charge in [-0.15, -0.1) is 5.10 Å². The molecule has 5 nitrogen and oxygen atoms in total. The minimum Gasteiger partial charge on any atom is -0.507 e. The molecule has 0 fully saturated rings. The average molecular weight is 455 g/mol. The Kier molecular flexibility index (Phi) is 4.34. The van der Waals surface area contributed by atoms with Gasteiger partial charge in [0, 0.05) is 3.57 Å². The second-order valence-corrected chi connectivity index (χ2v) is 6.93. The van der Waals surface area contributed by atoms with Crippen molar-refractivity contribution < 1.29 is 10.2 Å². The Bertz CT molecular complexity index is 1080. The van der Waals surface area contributed by atoms with Gasteiger partial charge in [-0.3, -0.25) is 0 Å². The van der Waals surface area contributed by atoms with Crippen LogP contribution in [0.2, 0.25) is 0 Å². The molecule has 4 aromatic rings. The van der Waals surface area contributed by atoms with Gasteiger partial charge >= 0.3 is 0 Å². The molecule has 0 aliphatic carbocycles. The van der Waals surface area contributed by atoms with Crippen molar-refractivity contribution >= 4 is 22.6 Å². The highest BCUT2D eigenvalue weighted by Gasteiger charge is 2.19. The fourth-order valence-electron chi connectivity index (χ4n) is 2.70. The Morgan fingerprint density at radius 3 is 2.23 bits per heavy atom. The molecule has 0 atom stereocenters. The summed E-state index contributed by atoms with van der Waals surface area (Å²) in [4.78, 5) is 4.62. The van der Waals surface area contributed by atoms with E-state index in [9.17, 15) is 10.2 Å². The van der Waals surface area contributed by atoms with Crippen LogP contribution in [0.4, 0.5) is 0 Å². The van der Waals surface area contributed by atoms with E-state index in [2.05, 4.69) is 32.7 Å². The molecule has 3 aromatic carbocycles. The van der Waals surface area contributed by atoms with Gasteiger partial charge in [-0.05, 0) is 65.1 Å². The lowest BCUT2D eigenvalue weighted by molar-refractivity contribution is 0.476. The van der Waals surface area contributed by atoms with Crippen molar-refractivity contribution in [1.29, 1.82) is 0 Å². The molecule has 0 radical (unpaired) electrons. The lowest BCUT2D eigenvalue weighted by Gasteiger charge is -2.06. The van der Waals surface area contributed by atoms with Crippen molar-refractivity contribution in [3.63, 3.8) is 0 Å². The normalized spacial score (nSPS) is 10.8. The van der Waals surface area contributed by atoms with Gasteiger partial charge in [0.25, 0.3) is 0 Å². The van der Waals surface area contributed by atoms with Gasteiger partial charge in [0.15, 0.2) is 11.6 Å². The quantitative estimate of drug-likeness (QED) is 0.443. The van der Waals surface area contributed by atoms with Crippen molar-refractivity contribution in [2.75, 3.05) is 0 Å². The van der Waals surface area contributed by atoms with Crippen LogP contribution in [0, 0.1) is 3.57 Å². The third-order valence-corrected chi connectivity index (χ3v) is 4.62. The lowest BCUT2D eigenvalue weighted by Crippen LogP contribution is -1.99. The number of para-hydroxylation sites is 2. The Labute approximate surface area is 163 Å². The summed E-state index contributed by atoms with van der Waals surface area (Å²) in [6.07, 6.45) is 0. The maximum absolute atomic E-state index is 10.3. The van der Waals surface area contributed by atoms with Crippen molar-refractivity contribution in [2.24, 2.45) is 0 Å². The number of phenolic OH excluding ortho intramolecular Hbond substituents is 2. The second-order valence-electron chi connectivity index (χ2n) is 5.68. The predicted octanol–water partition coefficient (Wildman–Crippen LogP) is 4.62. The highest BCUT2D eigenvalue weighted by molar-refractivity contribution is 14.1. The summed E-state index contributed by atoms with van der Waals surface area (Å²) < 4.78 is 2.64. The molecule has 6 heteroatoms. The van der Waals surface area contributed by atoms with E-state index in [1.807, 2.05) is 48.5 Å². The molecule has 0 amide bonds. The lowest BCUT2D eigenvalue weighted by atomic mass is 10.1. The Hall–Kier alpha value is -2.87. The standard InChI is InChI=1S/C20H14IN3O2/c21-13-10-11-18(26)16(12-13)19-22-20(15-8-4-5-9-17(15)25)24(23-19)14-6-2-1-3-7-14/h1-12,25-26H. The number of halogens is 1. The molecule has 0 bridgehead atoms. The van der Waals surface area contributed by atoms with Crippen LogP contribution in [0.5, 0.6) is 11.5 Å². The molecule has 26 heavy (non-hydrogen) atoms. The Morgan fingerprint density at radius 2 is 1.46 bits per heavy atom. The molecule has 0 spiro atoms. The first-order chi connectivity index (χ1) is 12.6. The summed E-state index contributed by atoms with van der Waals surface area (Å²) >= 11 is 2.18. The van der Waals surface area contributed by atoms with Crippen LogP contribution >= 0.6 is 22.6 Å². The number of aromatic hydroxyl groups is 2. The minimum absolute atomic E-state index is 0.111. The summed E-state index contributed by atoms with van der Waals surface area (Å²) in [6, 6.07) is 21.8. The molecule has 128 valence electrons. The number of rotatable bonds is 3. The molecule has 1 heterocycles. The number of hydrogen-bond donors (Lipinski definition) is 2. The number of phenols is 2. The van der Waals surface area contributed by atoms with Crippen molar-refractivity contribution in [2.45, 2.75) is 0 Å². The summed E-state index contributed by atoms with van der Waals surface area (Å²) in [5, 5.41) is 25.1. The van der Waals surface area contributed by atoms with E-state index in [0.717, 1.165) is 9.26 Å². The average Bonchev–Trinajstić information content (AvgIpc) is 3.10. The minimum atomic E-state index is 0.111. The maximum Gasteiger partial charge on any atom is 0.185 e. The zero-order valence-corrected chi connectivity index (χ0v) is 15.7. The molecule has 0 aliphatic rings. The van der Waals surface area contributed by atoms with Crippen LogP contribution in [-0.2, 0) is 0 Å². The fourth-order valence-corrected chi connectivity index (χ4v) is 3.19. The van der Waals surface area contributed by atoms with E-state index in [4.69, 9.17) is 0 Å². The Morgan fingerprint density at radius 1 is 0.769 bits per heavy atom. The third kappa shape index (κ3) is 3.03. The van der Waals surface area contributed by atoms with E-state index < -0.39 is 0 Å². The van der Waals surface area contributed by atoms with Crippen molar-refractivity contribution in [3.05, 3.63) is 76.4 Å². The molecule has 0 aliphatic heterocycles. The van der Waals surface area contributed by atoms with Crippen molar-refractivity contribution in [1.82, 2.24) is 14.8 Å². The van der Waals surface area contributed by atoms with Crippen LogP contribution in [0.3, 0.4) is 0 Å². The first kappa shape index (κ1) is 16.6. The summed E-state index contributed by atoms with van der Waals surface area (Å²) in [7, 11) is 0. The second kappa shape index (κ2) is 6.80. The SMILES string of the molecule is Oc1ccc(I)cc1-c1nc(-c2ccccc2O)n(-c2ccccc2)n1. The van der Waals surface area contributed by atoms with Crippen LogP contribution in [0.1, 0.15) is 0 Å². The zero-order valence-electron chi connectivity index (χ0n) is 13.5. The van der Waals surface area contributed by atoms with Gasteiger partial charge in [-0.2, -0.15) is 0 Å². The Balaban J connectivity index is 1.97. The van der Waals surface area contributed by atoms with Gasteiger partial charge in [0.1, 0.15) is 11.5 Å². The monoisotopic (exact) mass is 455 g/mol. The first-order valence-electron chi connectivity index (χ1n) is 7.93. The topological polar surface area (TPSA) is 71.2 Å². The van der Waals surface area contributed by atoms with Crippen LogP contribution in [0.15, 0.2) is 72.8 Å². The van der Waals surface area contributed by atoms with Gasteiger partial charge < -0.3 is 10.2 Å². The summed E-state index contributed by atoms with van der Waals surface area (Å²) in [5.74, 6) is 1.13. The fraction of sp³-hybridized carbons (Fsp3) is 0. The molecule has 2 N–H and O–H groups in total. The number of nitrogens with zero attached hydrogens (tertiary/aromatic N) is 3. The molecule has 0 saturated carbocycles. The van der Waals surface area contributed by atoms with E-state index in [-0.39, 0.29) is 11.5 Å². The smallest absolute Gasteiger partial charge is 0.185 e. The highest BCUT2D eigenvalue weighted by atomic mass is 127. The molecular weight excluding hydrogens is 441 g/mol. The van der Waals surface area contributed by atoms with Crippen LogP contribution in [-0.4, -0.2) is 25.0 Å². The number of benzene rings is 3. The zero-order chi connectivity index (χ0) is 18.1.